The molecule has 0 radical (unpaired) electrons. The largest absolute Gasteiger partial charge is 0.352 e. The zero-order chi connectivity index (χ0) is 28.7. The first-order valence-electron chi connectivity index (χ1n) is 12.6. The molecule has 0 aliphatic rings. The molecule has 0 heterocycles. The predicted molar refractivity (Wildman–Crippen MR) is 154 cm³/mol. The zero-order valence-electron chi connectivity index (χ0n) is 22.4. The Bertz CT molecular complexity index is 1380. The molecule has 0 aliphatic carbocycles. The molecule has 1 N–H and O–H groups in total. The highest BCUT2D eigenvalue weighted by Gasteiger charge is 2.32. The van der Waals surface area contributed by atoms with E-state index in [-0.39, 0.29) is 29.1 Å². The number of sulfonamides is 1. The second-order valence-electron chi connectivity index (χ2n) is 9.44. The number of nitrogens with zero attached hydrogens (tertiary/aromatic N) is 2. The van der Waals surface area contributed by atoms with Crippen LogP contribution in [0.5, 0.6) is 0 Å². The molecule has 0 aromatic heterocycles. The van der Waals surface area contributed by atoms with E-state index in [0.717, 1.165) is 50.6 Å². The van der Waals surface area contributed by atoms with Crippen LogP contribution in [-0.4, -0.2) is 43.8 Å². The average Bonchev–Trinajstić information content (AvgIpc) is 2.91. The third-order valence-corrected chi connectivity index (χ3v) is 8.75. The van der Waals surface area contributed by atoms with Gasteiger partial charge in [0.1, 0.15) is 18.4 Å². The SMILES string of the molecule is CC[C@@H](C)NC(=O)[C@H](C)N(Cc1ccc(Br)cc1)C(=O)CN(c1ccc(C)cc1)S(=O)(=O)c1ccc(F)cc1. The number of aryl methyl sites for hydroxylation is 1. The first-order valence-corrected chi connectivity index (χ1v) is 14.8. The number of carbonyl (C=O) groups excluding carboxylic acids is 2. The molecule has 2 atom stereocenters. The van der Waals surface area contributed by atoms with Gasteiger partial charge in [-0.1, -0.05) is 52.7 Å². The Labute approximate surface area is 238 Å². The fraction of sp³-hybridized carbons (Fsp3) is 0.310. The lowest BCUT2D eigenvalue weighted by atomic mass is 10.1. The van der Waals surface area contributed by atoms with Crippen LogP contribution in [0.4, 0.5) is 10.1 Å². The van der Waals surface area contributed by atoms with E-state index in [9.17, 15) is 22.4 Å². The molecule has 10 heteroatoms. The Morgan fingerprint density at radius 3 is 2.10 bits per heavy atom. The van der Waals surface area contributed by atoms with Gasteiger partial charge in [-0.3, -0.25) is 13.9 Å². The predicted octanol–water partition coefficient (Wildman–Crippen LogP) is 5.42. The summed E-state index contributed by atoms with van der Waals surface area (Å²) in [5.41, 5.74) is 1.97. The number of anilines is 1. The summed E-state index contributed by atoms with van der Waals surface area (Å²) >= 11 is 3.40. The Balaban J connectivity index is 2.01. The van der Waals surface area contributed by atoms with Crippen molar-refractivity contribution < 1.29 is 22.4 Å². The van der Waals surface area contributed by atoms with Crippen LogP contribution < -0.4 is 9.62 Å². The van der Waals surface area contributed by atoms with Crippen LogP contribution >= 0.6 is 15.9 Å². The first-order chi connectivity index (χ1) is 18.4. The highest BCUT2D eigenvalue weighted by atomic mass is 79.9. The highest BCUT2D eigenvalue weighted by molar-refractivity contribution is 9.10. The Morgan fingerprint density at radius 2 is 1.54 bits per heavy atom. The molecule has 0 saturated carbocycles. The fourth-order valence-corrected chi connectivity index (χ4v) is 5.49. The van der Waals surface area contributed by atoms with Gasteiger partial charge in [-0.25, -0.2) is 12.8 Å². The maximum absolute atomic E-state index is 13.9. The standard InChI is InChI=1S/C29H33BrFN3O4S/c1-5-21(3)32-29(36)22(4)33(18-23-8-10-24(30)11-9-23)28(35)19-34(26-14-6-20(2)7-15-26)39(37,38)27-16-12-25(31)13-17-27/h6-17,21-22H,5,18-19H2,1-4H3,(H,32,36)/t21-,22+/m1/s1. The third kappa shape index (κ3) is 7.89. The Morgan fingerprint density at radius 1 is 0.949 bits per heavy atom. The molecule has 3 aromatic rings. The molecule has 3 rings (SSSR count). The van der Waals surface area contributed by atoms with Crippen molar-refractivity contribution in [2.75, 3.05) is 10.8 Å². The van der Waals surface area contributed by atoms with Crippen molar-refractivity contribution in [2.24, 2.45) is 0 Å². The second kappa shape index (κ2) is 13.2. The summed E-state index contributed by atoms with van der Waals surface area (Å²) in [6.07, 6.45) is 0.718. The quantitative estimate of drug-likeness (QED) is 0.311. The smallest absolute Gasteiger partial charge is 0.264 e. The van der Waals surface area contributed by atoms with Gasteiger partial charge in [0, 0.05) is 17.1 Å². The number of nitrogens with one attached hydrogen (secondary N) is 1. The van der Waals surface area contributed by atoms with E-state index in [2.05, 4.69) is 21.2 Å². The van der Waals surface area contributed by atoms with Crippen molar-refractivity contribution >= 4 is 43.5 Å². The first kappa shape index (κ1) is 30.3. The van der Waals surface area contributed by atoms with E-state index in [4.69, 9.17) is 0 Å². The minimum Gasteiger partial charge on any atom is -0.352 e. The summed E-state index contributed by atoms with van der Waals surface area (Å²) < 4.78 is 42.9. The Kier molecular flexibility index (Phi) is 10.3. The minimum atomic E-state index is -4.25. The van der Waals surface area contributed by atoms with Crippen molar-refractivity contribution in [3.05, 3.63) is 94.2 Å². The molecule has 7 nitrogen and oxygen atoms in total. The van der Waals surface area contributed by atoms with Gasteiger partial charge in [0.25, 0.3) is 10.0 Å². The van der Waals surface area contributed by atoms with Crippen molar-refractivity contribution in [1.29, 1.82) is 0 Å². The van der Waals surface area contributed by atoms with Crippen LogP contribution in [0, 0.1) is 12.7 Å². The van der Waals surface area contributed by atoms with Gasteiger partial charge in [-0.2, -0.15) is 0 Å². The maximum Gasteiger partial charge on any atom is 0.264 e. The van der Waals surface area contributed by atoms with E-state index in [1.54, 1.807) is 31.2 Å². The van der Waals surface area contributed by atoms with Gasteiger partial charge in [-0.15, -0.1) is 0 Å². The van der Waals surface area contributed by atoms with Crippen LogP contribution in [0.15, 0.2) is 82.2 Å². The monoisotopic (exact) mass is 617 g/mol. The van der Waals surface area contributed by atoms with E-state index in [1.807, 2.05) is 45.0 Å². The van der Waals surface area contributed by atoms with Gasteiger partial charge in [-0.05, 0) is 81.3 Å². The van der Waals surface area contributed by atoms with Crippen molar-refractivity contribution in [3.8, 4) is 0 Å². The molecule has 0 saturated heterocycles. The summed E-state index contributed by atoms with van der Waals surface area (Å²) in [7, 11) is -4.25. The van der Waals surface area contributed by atoms with Crippen molar-refractivity contribution in [1.82, 2.24) is 10.2 Å². The lowest BCUT2D eigenvalue weighted by Crippen LogP contribution is -2.52. The maximum atomic E-state index is 13.9. The zero-order valence-corrected chi connectivity index (χ0v) is 24.8. The van der Waals surface area contributed by atoms with E-state index in [1.165, 1.54) is 4.90 Å². The molecule has 39 heavy (non-hydrogen) atoms. The molecule has 0 unspecified atom stereocenters. The summed E-state index contributed by atoms with van der Waals surface area (Å²) in [4.78, 5) is 28.2. The molecular weight excluding hydrogens is 585 g/mol. The van der Waals surface area contributed by atoms with Crippen LogP contribution in [0.3, 0.4) is 0 Å². The molecule has 2 amide bonds. The molecule has 0 spiro atoms. The average molecular weight is 619 g/mol. The van der Waals surface area contributed by atoms with Crippen LogP contribution in [0.1, 0.15) is 38.3 Å². The molecule has 208 valence electrons. The minimum absolute atomic E-state index is 0.0903. The number of benzene rings is 3. The topological polar surface area (TPSA) is 86.8 Å². The highest BCUT2D eigenvalue weighted by Crippen LogP contribution is 2.25. The summed E-state index contributed by atoms with van der Waals surface area (Å²) in [6.45, 7) is 6.85. The third-order valence-electron chi connectivity index (χ3n) is 6.44. The van der Waals surface area contributed by atoms with Gasteiger partial charge < -0.3 is 10.2 Å². The lowest BCUT2D eigenvalue weighted by Gasteiger charge is -2.32. The summed E-state index contributed by atoms with van der Waals surface area (Å²) in [5.74, 6) is -1.47. The lowest BCUT2D eigenvalue weighted by molar-refractivity contribution is -0.139. The van der Waals surface area contributed by atoms with Crippen LogP contribution in [0.2, 0.25) is 0 Å². The van der Waals surface area contributed by atoms with Crippen molar-refractivity contribution in [3.63, 3.8) is 0 Å². The number of carbonyl (C=O) groups is 2. The molecular formula is C29H33BrFN3O4S. The van der Waals surface area contributed by atoms with Crippen LogP contribution in [-0.2, 0) is 26.2 Å². The van der Waals surface area contributed by atoms with Gasteiger partial charge >= 0.3 is 0 Å². The molecule has 3 aromatic carbocycles. The normalized spacial score (nSPS) is 12.9. The molecule has 0 aliphatic heterocycles. The van der Waals surface area contributed by atoms with Gasteiger partial charge in [0.05, 0.1) is 10.6 Å². The van der Waals surface area contributed by atoms with E-state index < -0.39 is 34.3 Å². The van der Waals surface area contributed by atoms with Gasteiger partial charge in [0.15, 0.2) is 0 Å². The number of hydrogen-bond donors (Lipinski definition) is 1. The van der Waals surface area contributed by atoms with Gasteiger partial charge in [0.2, 0.25) is 11.8 Å². The summed E-state index contributed by atoms with van der Waals surface area (Å²) in [6, 6.07) is 17.5. The number of amides is 2. The van der Waals surface area contributed by atoms with Crippen molar-refractivity contribution in [2.45, 2.75) is 57.6 Å². The van der Waals surface area contributed by atoms with E-state index in [0.29, 0.717) is 0 Å². The second-order valence-corrected chi connectivity index (χ2v) is 12.2. The Hall–Kier alpha value is -3.24. The number of rotatable bonds is 11. The fourth-order valence-electron chi connectivity index (χ4n) is 3.81. The number of halogens is 2. The van der Waals surface area contributed by atoms with Crippen LogP contribution in [0.25, 0.3) is 0 Å². The molecule has 0 bridgehead atoms. The summed E-state index contributed by atoms with van der Waals surface area (Å²) in [5, 5.41) is 2.90. The van der Waals surface area contributed by atoms with E-state index >= 15 is 0 Å². The number of hydrogen-bond acceptors (Lipinski definition) is 4. The molecule has 0 fully saturated rings.